The Morgan fingerprint density at radius 1 is 1.61 bits per heavy atom. The summed E-state index contributed by atoms with van der Waals surface area (Å²) >= 11 is 5.06. The lowest BCUT2D eigenvalue weighted by Gasteiger charge is -2.25. The second-order valence-corrected chi connectivity index (χ2v) is 5.11. The van der Waals surface area contributed by atoms with E-state index in [9.17, 15) is 4.79 Å². The van der Waals surface area contributed by atoms with Crippen LogP contribution in [0, 0.1) is 5.41 Å². The number of thiocarbonyl (C=S) groups is 1. The summed E-state index contributed by atoms with van der Waals surface area (Å²) in [6.07, 6.45) is 5.06. The number of hydrogen-bond acceptors (Lipinski definition) is 4. The number of hydrogen-bond donors (Lipinski definition) is 2. The first-order valence-corrected chi connectivity index (χ1v) is 6.38. The van der Waals surface area contributed by atoms with E-state index in [-0.39, 0.29) is 5.91 Å². The highest BCUT2D eigenvalue weighted by Crippen LogP contribution is 2.38. The highest BCUT2D eigenvalue weighted by Gasteiger charge is 2.43. The van der Waals surface area contributed by atoms with Gasteiger partial charge in [-0.3, -0.25) is 9.48 Å². The number of rotatable bonds is 4. The van der Waals surface area contributed by atoms with Gasteiger partial charge in [-0.05, 0) is 12.8 Å². The summed E-state index contributed by atoms with van der Waals surface area (Å²) < 4.78 is 1.60. The average molecular weight is 267 g/mol. The molecule has 1 aliphatic carbocycles. The standard InChI is InChI=1S/C11H17N5OS/c1-16-7-14-8(15-16)6-13-10(17)11(9(12)18)4-2-3-5-11/h7H,2-6H2,1H3,(H2,12,18)(H,13,17). The molecule has 1 amide bonds. The second kappa shape index (κ2) is 5.01. The molecule has 18 heavy (non-hydrogen) atoms. The van der Waals surface area contributed by atoms with Gasteiger partial charge >= 0.3 is 0 Å². The Morgan fingerprint density at radius 3 is 2.78 bits per heavy atom. The topological polar surface area (TPSA) is 85.8 Å². The minimum atomic E-state index is -0.663. The van der Waals surface area contributed by atoms with Crippen molar-refractivity contribution in [3.8, 4) is 0 Å². The van der Waals surface area contributed by atoms with Crippen molar-refractivity contribution in [2.75, 3.05) is 0 Å². The molecule has 1 saturated carbocycles. The first-order chi connectivity index (χ1) is 8.54. The molecule has 0 bridgehead atoms. The number of carbonyl (C=O) groups is 1. The summed E-state index contributed by atoms with van der Waals surface area (Å²) in [5.41, 5.74) is 5.08. The van der Waals surface area contributed by atoms with Crippen LogP contribution < -0.4 is 11.1 Å². The highest BCUT2D eigenvalue weighted by atomic mass is 32.1. The highest BCUT2D eigenvalue weighted by molar-refractivity contribution is 7.80. The molecule has 2 rings (SSSR count). The van der Waals surface area contributed by atoms with Gasteiger partial charge in [0, 0.05) is 7.05 Å². The molecule has 7 heteroatoms. The third-order valence-corrected chi connectivity index (χ3v) is 3.81. The molecular formula is C11H17N5OS. The van der Waals surface area contributed by atoms with Crippen molar-refractivity contribution >= 4 is 23.1 Å². The maximum absolute atomic E-state index is 12.2. The Balaban J connectivity index is 2.00. The molecule has 0 saturated heterocycles. The van der Waals surface area contributed by atoms with Crippen LogP contribution in [-0.2, 0) is 18.4 Å². The van der Waals surface area contributed by atoms with Gasteiger partial charge in [-0.1, -0.05) is 25.1 Å². The lowest BCUT2D eigenvalue weighted by molar-refractivity contribution is -0.127. The van der Waals surface area contributed by atoms with Crippen molar-refractivity contribution in [2.45, 2.75) is 32.2 Å². The second-order valence-electron chi connectivity index (χ2n) is 4.67. The van der Waals surface area contributed by atoms with Crippen LogP contribution in [0.3, 0.4) is 0 Å². The monoisotopic (exact) mass is 267 g/mol. The van der Waals surface area contributed by atoms with E-state index in [1.165, 1.54) is 0 Å². The number of nitrogens with one attached hydrogen (secondary N) is 1. The number of aryl methyl sites for hydroxylation is 1. The Hall–Kier alpha value is -1.50. The number of nitrogens with two attached hydrogens (primary N) is 1. The van der Waals surface area contributed by atoms with E-state index >= 15 is 0 Å². The van der Waals surface area contributed by atoms with Gasteiger partial charge < -0.3 is 11.1 Å². The van der Waals surface area contributed by atoms with E-state index < -0.39 is 5.41 Å². The number of aromatic nitrogens is 3. The summed E-state index contributed by atoms with van der Waals surface area (Å²) in [6, 6.07) is 0. The zero-order valence-corrected chi connectivity index (χ0v) is 11.2. The minimum absolute atomic E-state index is 0.0973. The largest absolute Gasteiger partial charge is 0.392 e. The molecule has 1 fully saturated rings. The first-order valence-electron chi connectivity index (χ1n) is 5.97. The third kappa shape index (κ3) is 2.35. The number of carbonyl (C=O) groups excluding carboxylic acids is 1. The van der Waals surface area contributed by atoms with E-state index in [0.717, 1.165) is 25.7 Å². The molecule has 1 heterocycles. The Labute approximate surface area is 111 Å². The Morgan fingerprint density at radius 2 is 2.28 bits per heavy atom. The molecular weight excluding hydrogens is 250 g/mol. The van der Waals surface area contributed by atoms with Crippen LogP contribution >= 0.6 is 12.2 Å². The van der Waals surface area contributed by atoms with Crippen molar-refractivity contribution in [3.05, 3.63) is 12.2 Å². The predicted octanol–water partition coefficient (Wildman–Crippen LogP) is 0.278. The van der Waals surface area contributed by atoms with E-state index in [1.54, 1.807) is 18.1 Å². The minimum Gasteiger partial charge on any atom is -0.392 e. The van der Waals surface area contributed by atoms with Gasteiger partial charge in [-0.15, -0.1) is 0 Å². The molecule has 6 nitrogen and oxygen atoms in total. The molecule has 0 unspecified atom stereocenters. The maximum Gasteiger partial charge on any atom is 0.233 e. The van der Waals surface area contributed by atoms with Crippen molar-refractivity contribution in [3.63, 3.8) is 0 Å². The molecule has 1 aromatic rings. The van der Waals surface area contributed by atoms with Crippen LogP contribution in [0.2, 0.25) is 0 Å². The Kier molecular flexibility index (Phi) is 3.60. The molecule has 0 atom stereocenters. The molecule has 1 aromatic heterocycles. The summed E-state index contributed by atoms with van der Waals surface area (Å²) in [4.78, 5) is 16.6. The van der Waals surface area contributed by atoms with E-state index in [1.807, 2.05) is 0 Å². The molecule has 3 N–H and O–H groups in total. The fourth-order valence-corrected chi connectivity index (χ4v) is 2.65. The van der Waals surface area contributed by atoms with E-state index in [4.69, 9.17) is 18.0 Å². The fourth-order valence-electron chi connectivity index (χ4n) is 2.36. The van der Waals surface area contributed by atoms with Crippen molar-refractivity contribution in [1.82, 2.24) is 20.1 Å². The number of amides is 1. The molecule has 0 aliphatic heterocycles. The van der Waals surface area contributed by atoms with Crippen molar-refractivity contribution in [2.24, 2.45) is 18.2 Å². The smallest absolute Gasteiger partial charge is 0.233 e. The summed E-state index contributed by atoms with van der Waals surface area (Å²) in [7, 11) is 1.78. The summed E-state index contributed by atoms with van der Waals surface area (Å²) in [5, 5.41) is 6.94. The predicted molar refractivity (Wildman–Crippen MR) is 70.5 cm³/mol. The third-order valence-electron chi connectivity index (χ3n) is 3.42. The zero-order valence-electron chi connectivity index (χ0n) is 10.3. The van der Waals surface area contributed by atoms with Crippen LogP contribution in [0.5, 0.6) is 0 Å². The van der Waals surface area contributed by atoms with E-state index in [0.29, 0.717) is 17.4 Å². The van der Waals surface area contributed by atoms with Gasteiger partial charge in [0.2, 0.25) is 5.91 Å². The fraction of sp³-hybridized carbons (Fsp3) is 0.636. The molecule has 1 aliphatic rings. The van der Waals surface area contributed by atoms with Gasteiger partial charge in [-0.2, -0.15) is 5.10 Å². The lowest BCUT2D eigenvalue weighted by Crippen LogP contribution is -2.47. The first kappa shape index (κ1) is 12.9. The summed E-state index contributed by atoms with van der Waals surface area (Å²) in [6.45, 7) is 0.310. The SMILES string of the molecule is Cn1cnc(CNC(=O)C2(C(N)=S)CCCC2)n1. The molecule has 0 aromatic carbocycles. The quantitative estimate of drug-likeness (QED) is 0.765. The van der Waals surface area contributed by atoms with Gasteiger partial charge in [0.1, 0.15) is 6.33 Å². The van der Waals surface area contributed by atoms with Crippen LogP contribution in [0.4, 0.5) is 0 Å². The van der Waals surface area contributed by atoms with Gasteiger partial charge in [0.25, 0.3) is 0 Å². The van der Waals surface area contributed by atoms with Crippen LogP contribution in [-0.4, -0.2) is 25.7 Å². The molecule has 98 valence electrons. The lowest BCUT2D eigenvalue weighted by atomic mass is 9.85. The van der Waals surface area contributed by atoms with E-state index in [2.05, 4.69) is 15.4 Å². The van der Waals surface area contributed by atoms with Crippen LogP contribution in [0.1, 0.15) is 31.5 Å². The Bertz CT molecular complexity index is 464. The van der Waals surface area contributed by atoms with Crippen molar-refractivity contribution < 1.29 is 4.79 Å². The maximum atomic E-state index is 12.2. The van der Waals surface area contributed by atoms with Crippen LogP contribution in [0.25, 0.3) is 0 Å². The normalized spacial score (nSPS) is 17.6. The van der Waals surface area contributed by atoms with Crippen LogP contribution in [0.15, 0.2) is 6.33 Å². The number of nitrogens with zero attached hydrogens (tertiary/aromatic N) is 3. The zero-order chi connectivity index (χ0) is 13.2. The average Bonchev–Trinajstić information content (AvgIpc) is 2.95. The molecule has 0 spiro atoms. The van der Waals surface area contributed by atoms with Gasteiger partial charge in [-0.25, -0.2) is 4.98 Å². The van der Waals surface area contributed by atoms with Gasteiger partial charge in [0.05, 0.1) is 16.9 Å². The summed E-state index contributed by atoms with van der Waals surface area (Å²) in [5.74, 6) is 0.488. The van der Waals surface area contributed by atoms with Gasteiger partial charge in [0.15, 0.2) is 5.82 Å². The molecule has 0 radical (unpaired) electrons. The van der Waals surface area contributed by atoms with Crippen molar-refractivity contribution in [1.29, 1.82) is 0 Å².